The molecule has 0 amide bonds. The number of aliphatic hydroxyl groups excluding tert-OH is 1. The summed E-state index contributed by atoms with van der Waals surface area (Å²) < 4.78 is 0. The lowest BCUT2D eigenvalue weighted by Gasteiger charge is -2.15. The summed E-state index contributed by atoms with van der Waals surface area (Å²) >= 11 is 0. The van der Waals surface area contributed by atoms with Crippen molar-refractivity contribution in [3.8, 4) is 6.07 Å². The third-order valence-electron chi connectivity index (χ3n) is 2.58. The number of rotatable bonds is 8. The van der Waals surface area contributed by atoms with Crippen molar-refractivity contribution in [3.63, 3.8) is 0 Å². The summed E-state index contributed by atoms with van der Waals surface area (Å²) in [6.07, 6.45) is 6.87. The molecule has 0 saturated carbocycles. The van der Waals surface area contributed by atoms with Gasteiger partial charge in [-0.05, 0) is 12.8 Å². The monoisotopic (exact) mass is 197 g/mol. The molecule has 2 unspecified atom stereocenters. The first-order valence-electron chi connectivity index (χ1n) is 5.83. The standard InChI is InChI=1S/C12H23NO/c1-3-5-6-7-9-12(14)11(10-13)8-4-2/h11-12,14H,3-9H2,1-2H3. The van der Waals surface area contributed by atoms with Gasteiger partial charge >= 0.3 is 0 Å². The number of hydrogen-bond acceptors (Lipinski definition) is 2. The Kier molecular flexibility index (Phi) is 8.67. The van der Waals surface area contributed by atoms with Gasteiger partial charge in [-0.3, -0.25) is 0 Å². The lowest BCUT2D eigenvalue weighted by Crippen LogP contribution is -2.18. The van der Waals surface area contributed by atoms with Crippen LogP contribution in [0.3, 0.4) is 0 Å². The quantitative estimate of drug-likeness (QED) is 0.607. The number of nitrogens with zero attached hydrogens (tertiary/aromatic N) is 1. The minimum absolute atomic E-state index is 0.151. The van der Waals surface area contributed by atoms with Gasteiger partial charge < -0.3 is 5.11 Å². The number of unbranched alkanes of at least 4 members (excludes halogenated alkanes) is 3. The Hall–Kier alpha value is -0.550. The van der Waals surface area contributed by atoms with E-state index in [0.29, 0.717) is 0 Å². The molecule has 82 valence electrons. The summed E-state index contributed by atoms with van der Waals surface area (Å²) in [6.45, 7) is 4.22. The second-order valence-corrected chi connectivity index (χ2v) is 3.94. The van der Waals surface area contributed by atoms with Crippen molar-refractivity contribution in [3.05, 3.63) is 0 Å². The highest BCUT2D eigenvalue weighted by Crippen LogP contribution is 2.16. The Labute approximate surface area is 87.9 Å². The minimum Gasteiger partial charge on any atom is -0.392 e. The molecular weight excluding hydrogens is 174 g/mol. The van der Waals surface area contributed by atoms with Crippen LogP contribution in [0.1, 0.15) is 58.8 Å². The second-order valence-electron chi connectivity index (χ2n) is 3.94. The first kappa shape index (κ1) is 13.4. The molecule has 0 aromatic rings. The molecule has 0 radical (unpaired) electrons. The fourth-order valence-electron chi connectivity index (χ4n) is 1.64. The van der Waals surface area contributed by atoms with Crippen molar-refractivity contribution in [1.82, 2.24) is 0 Å². The van der Waals surface area contributed by atoms with E-state index in [9.17, 15) is 5.11 Å². The van der Waals surface area contributed by atoms with Crippen LogP contribution < -0.4 is 0 Å². The SMILES string of the molecule is CCCCCCC(O)C(C#N)CCC. The summed E-state index contributed by atoms with van der Waals surface area (Å²) in [6, 6.07) is 2.19. The van der Waals surface area contributed by atoms with E-state index in [4.69, 9.17) is 5.26 Å². The van der Waals surface area contributed by atoms with Gasteiger partial charge in [0.25, 0.3) is 0 Å². The minimum atomic E-state index is -0.406. The summed E-state index contributed by atoms with van der Waals surface area (Å²) in [5, 5.41) is 18.5. The Morgan fingerprint density at radius 2 is 1.79 bits per heavy atom. The fraction of sp³-hybridized carbons (Fsp3) is 0.917. The first-order valence-corrected chi connectivity index (χ1v) is 5.83. The number of hydrogen-bond donors (Lipinski definition) is 1. The third kappa shape index (κ3) is 5.99. The summed E-state index contributed by atoms with van der Waals surface area (Å²) in [4.78, 5) is 0. The molecule has 0 spiro atoms. The maximum Gasteiger partial charge on any atom is 0.0722 e. The fourth-order valence-corrected chi connectivity index (χ4v) is 1.64. The molecule has 0 fully saturated rings. The molecule has 0 aromatic carbocycles. The largest absolute Gasteiger partial charge is 0.392 e. The Morgan fingerprint density at radius 3 is 2.29 bits per heavy atom. The predicted molar refractivity (Wildman–Crippen MR) is 58.8 cm³/mol. The van der Waals surface area contributed by atoms with E-state index in [-0.39, 0.29) is 5.92 Å². The average Bonchev–Trinajstić information content (AvgIpc) is 2.20. The zero-order valence-electron chi connectivity index (χ0n) is 9.50. The summed E-state index contributed by atoms with van der Waals surface area (Å²) in [7, 11) is 0. The Bertz CT molecular complexity index is 162. The maximum absolute atomic E-state index is 9.72. The lowest BCUT2D eigenvalue weighted by molar-refractivity contribution is 0.116. The molecule has 0 saturated heterocycles. The van der Waals surface area contributed by atoms with Gasteiger partial charge in [0.1, 0.15) is 0 Å². The molecule has 0 bridgehead atoms. The van der Waals surface area contributed by atoms with Crippen molar-refractivity contribution >= 4 is 0 Å². The highest BCUT2D eigenvalue weighted by Gasteiger charge is 2.16. The molecular formula is C12H23NO. The van der Waals surface area contributed by atoms with Crippen LogP contribution in [-0.4, -0.2) is 11.2 Å². The van der Waals surface area contributed by atoms with Crippen molar-refractivity contribution in [2.75, 3.05) is 0 Å². The molecule has 0 heterocycles. The molecule has 0 aliphatic rings. The molecule has 0 aliphatic carbocycles. The highest BCUT2D eigenvalue weighted by molar-refractivity contribution is 4.87. The van der Waals surface area contributed by atoms with Crippen molar-refractivity contribution in [2.45, 2.75) is 64.9 Å². The smallest absolute Gasteiger partial charge is 0.0722 e. The maximum atomic E-state index is 9.72. The van der Waals surface area contributed by atoms with E-state index in [2.05, 4.69) is 13.0 Å². The van der Waals surface area contributed by atoms with Crippen molar-refractivity contribution < 1.29 is 5.11 Å². The van der Waals surface area contributed by atoms with Gasteiger partial charge in [0.2, 0.25) is 0 Å². The average molecular weight is 197 g/mol. The number of nitriles is 1. The van der Waals surface area contributed by atoms with E-state index < -0.39 is 6.10 Å². The Morgan fingerprint density at radius 1 is 1.07 bits per heavy atom. The van der Waals surface area contributed by atoms with Crippen LogP contribution in [0, 0.1) is 17.2 Å². The van der Waals surface area contributed by atoms with Crippen LogP contribution in [0.25, 0.3) is 0 Å². The van der Waals surface area contributed by atoms with Crippen LogP contribution in [0.4, 0.5) is 0 Å². The zero-order chi connectivity index (χ0) is 10.8. The van der Waals surface area contributed by atoms with Crippen molar-refractivity contribution in [2.24, 2.45) is 5.92 Å². The van der Waals surface area contributed by atoms with E-state index in [1.54, 1.807) is 0 Å². The van der Waals surface area contributed by atoms with Gasteiger partial charge in [-0.2, -0.15) is 5.26 Å². The van der Waals surface area contributed by atoms with Crippen molar-refractivity contribution in [1.29, 1.82) is 5.26 Å². The molecule has 1 N–H and O–H groups in total. The van der Waals surface area contributed by atoms with Crippen LogP contribution >= 0.6 is 0 Å². The first-order chi connectivity index (χ1) is 6.76. The molecule has 0 aromatic heterocycles. The third-order valence-corrected chi connectivity index (χ3v) is 2.58. The van der Waals surface area contributed by atoms with E-state index in [1.165, 1.54) is 19.3 Å². The normalized spacial score (nSPS) is 14.7. The zero-order valence-corrected chi connectivity index (χ0v) is 9.50. The predicted octanol–water partition coefficient (Wildman–Crippen LogP) is 3.26. The molecule has 2 nitrogen and oxygen atoms in total. The van der Waals surface area contributed by atoms with E-state index in [1.807, 2.05) is 6.92 Å². The van der Waals surface area contributed by atoms with E-state index in [0.717, 1.165) is 25.7 Å². The Balaban J connectivity index is 3.59. The molecule has 14 heavy (non-hydrogen) atoms. The van der Waals surface area contributed by atoms with Gasteiger partial charge in [0.15, 0.2) is 0 Å². The topological polar surface area (TPSA) is 44.0 Å². The molecule has 0 rings (SSSR count). The molecule has 2 atom stereocenters. The van der Waals surface area contributed by atoms with Crippen LogP contribution in [0.15, 0.2) is 0 Å². The van der Waals surface area contributed by atoms with Gasteiger partial charge in [-0.15, -0.1) is 0 Å². The second kappa shape index (κ2) is 9.02. The van der Waals surface area contributed by atoms with Gasteiger partial charge in [-0.1, -0.05) is 46.0 Å². The van der Waals surface area contributed by atoms with Gasteiger partial charge in [-0.25, -0.2) is 0 Å². The summed E-state index contributed by atoms with van der Waals surface area (Å²) in [5.74, 6) is -0.151. The molecule has 0 aliphatic heterocycles. The van der Waals surface area contributed by atoms with Crippen LogP contribution in [0.2, 0.25) is 0 Å². The van der Waals surface area contributed by atoms with Gasteiger partial charge in [0, 0.05) is 0 Å². The van der Waals surface area contributed by atoms with Crippen LogP contribution in [0.5, 0.6) is 0 Å². The molecule has 2 heteroatoms. The van der Waals surface area contributed by atoms with Gasteiger partial charge in [0.05, 0.1) is 18.1 Å². The van der Waals surface area contributed by atoms with Crippen LogP contribution in [-0.2, 0) is 0 Å². The highest BCUT2D eigenvalue weighted by atomic mass is 16.3. The lowest BCUT2D eigenvalue weighted by atomic mass is 9.94. The summed E-state index contributed by atoms with van der Waals surface area (Å²) in [5.41, 5.74) is 0. The number of aliphatic hydroxyl groups is 1. The van der Waals surface area contributed by atoms with E-state index >= 15 is 0 Å².